The van der Waals surface area contributed by atoms with Gasteiger partial charge in [-0.25, -0.2) is 4.98 Å². The number of benzene rings is 2. The van der Waals surface area contributed by atoms with E-state index in [0.717, 1.165) is 47.9 Å². The summed E-state index contributed by atoms with van der Waals surface area (Å²) in [5.74, 6) is 2.29. The molecule has 8 heteroatoms. The van der Waals surface area contributed by atoms with E-state index in [1.165, 1.54) is 11.1 Å². The molecule has 1 aliphatic rings. The van der Waals surface area contributed by atoms with Crippen LogP contribution in [-0.2, 0) is 13.0 Å². The first-order chi connectivity index (χ1) is 16.8. The third kappa shape index (κ3) is 4.08. The lowest BCUT2D eigenvalue weighted by molar-refractivity contribution is 0.333. The first kappa shape index (κ1) is 20.7. The lowest BCUT2D eigenvalue weighted by Gasteiger charge is -2.29. The molecule has 0 saturated carbocycles. The summed E-state index contributed by atoms with van der Waals surface area (Å²) < 4.78 is 7.88. The van der Waals surface area contributed by atoms with Crippen LogP contribution in [0.15, 0.2) is 77.8 Å². The number of para-hydroxylation sites is 1. The second kappa shape index (κ2) is 9.15. The van der Waals surface area contributed by atoms with Crippen molar-refractivity contribution in [3.8, 4) is 11.4 Å². The highest BCUT2D eigenvalue weighted by Gasteiger charge is 2.22. The quantitative estimate of drug-likeness (QED) is 0.342. The van der Waals surface area contributed by atoms with Crippen LogP contribution in [0, 0.1) is 0 Å². The number of fused-ring (bicyclic) bond motifs is 2. The van der Waals surface area contributed by atoms with Crippen LogP contribution >= 0.6 is 11.3 Å². The van der Waals surface area contributed by atoms with Gasteiger partial charge in [0.25, 0.3) is 0 Å². The fraction of sp³-hybridized carbons (Fsp3) is 0.192. The summed E-state index contributed by atoms with van der Waals surface area (Å²) >= 11 is 1.66. The molecule has 5 aromatic rings. The van der Waals surface area contributed by atoms with Crippen LogP contribution in [0.4, 0.5) is 11.8 Å². The number of ether oxygens (including phenoxy) is 1. The third-order valence-corrected chi connectivity index (χ3v) is 6.66. The second-order valence-electron chi connectivity index (χ2n) is 8.17. The van der Waals surface area contributed by atoms with Gasteiger partial charge in [-0.15, -0.1) is 0 Å². The summed E-state index contributed by atoms with van der Waals surface area (Å²) in [6, 6.07) is 20.5. The molecule has 0 fully saturated rings. The maximum Gasteiger partial charge on any atom is 0.229 e. The summed E-state index contributed by atoms with van der Waals surface area (Å²) in [7, 11) is 0. The van der Waals surface area contributed by atoms with Gasteiger partial charge in [-0.05, 0) is 41.1 Å². The largest absolute Gasteiger partial charge is 0.492 e. The molecule has 0 aliphatic carbocycles. The van der Waals surface area contributed by atoms with Crippen molar-refractivity contribution < 1.29 is 4.74 Å². The molecule has 2 aromatic carbocycles. The van der Waals surface area contributed by atoms with E-state index in [0.29, 0.717) is 19.1 Å². The molecule has 1 aliphatic heterocycles. The fourth-order valence-electron chi connectivity index (χ4n) is 4.26. The van der Waals surface area contributed by atoms with Crippen LogP contribution in [0.1, 0.15) is 11.1 Å². The van der Waals surface area contributed by atoms with Crippen LogP contribution in [0.2, 0.25) is 0 Å². The molecule has 6 rings (SSSR count). The number of hydrogen-bond acceptors (Lipinski definition) is 7. The maximum atomic E-state index is 5.85. The molecule has 7 nitrogen and oxygen atoms in total. The Bertz CT molecular complexity index is 1400. The van der Waals surface area contributed by atoms with Gasteiger partial charge in [0.1, 0.15) is 18.7 Å². The minimum atomic E-state index is 0.521. The Kier molecular flexibility index (Phi) is 5.56. The number of rotatable bonds is 7. The summed E-state index contributed by atoms with van der Waals surface area (Å²) in [6.07, 6.45) is 2.80. The van der Waals surface area contributed by atoms with Crippen molar-refractivity contribution >= 4 is 34.3 Å². The van der Waals surface area contributed by atoms with Gasteiger partial charge in [0.15, 0.2) is 17.0 Å². The van der Waals surface area contributed by atoms with Crippen molar-refractivity contribution in [2.75, 3.05) is 29.9 Å². The Morgan fingerprint density at radius 1 is 0.971 bits per heavy atom. The number of aromatic nitrogens is 4. The normalized spacial score (nSPS) is 13.1. The zero-order valence-corrected chi connectivity index (χ0v) is 19.4. The number of hydrogen-bond donors (Lipinski definition) is 1. The van der Waals surface area contributed by atoms with E-state index < -0.39 is 0 Å². The topological polar surface area (TPSA) is 68.1 Å². The van der Waals surface area contributed by atoms with Crippen molar-refractivity contribution in [3.63, 3.8) is 0 Å². The van der Waals surface area contributed by atoms with Gasteiger partial charge in [0.2, 0.25) is 5.95 Å². The zero-order chi connectivity index (χ0) is 22.7. The molecule has 34 heavy (non-hydrogen) atoms. The van der Waals surface area contributed by atoms with Gasteiger partial charge in [0, 0.05) is 18.5 Å². The monoisotopic (exact) mass is 468 g/mol. The Morgan fingerprint density at radius 3 is 2.68 bits per heavy atom. The highest BCUT2D eigenvalue weighted by molar-refractivity contribution is 7.08. The maximum absolute atomic E-state index is 5.85. The van der Waals surface area contributed by atoms with Crippen molar-refractivity contribution in [1.29, 1.82) is 0 Å². The molecule has 0 unspecified atom stereocenters. The summed E-state index contributed by atoms with van der Waals surface area (Å²) in [4.78, 5) is 16.8. The van der Waals surface area contributed by atoms with Gasteiger partial charge in [-0.1, -0.05) is 42.5 Å². The van der Waals surface area contributed by atoms with E-state index in [-0.39, 0.29) is 0 Å². The Hall–Kier alpha value is -3.91. The number of anilines is 2. The molecule has 3 aromatic heterocycles. The molecular weight excluding hydrogens is 444 g/mol. The highest BCUT2D eigenvalue weighted by atomic mass is 32.1. The molecule has 0 bridgehead atoms. The zero-order valence-electron chi connectivity index (χ0n) is 18.6. The third-order valence-electron chi connectivity index (χ3n) is 5.99. The van der Waals surface area contributed by atoms with Crippen molar-refractivity contribution in [2.24, 2.45) is 0 Å². The number of thiophene rings is 1. The van der Waals surface area contributed by atoms with E-state index in [4.69, 9.17) is 14.7 Å². The van der Waals surface area contributed by atoms with Crippen LogP contribution < -0.4 is 15.0 Å². The molecule has 0 amide bonds. The molecule has 0 saturated heterocycles. The predicted molar refractivity (Wildman–Crippen MR) is 136 cm³/mol. The number of nitrogens with zero attached hydrogens (tertiary/aromatic N) is 5. The minimum absolute atomic E-state index is 0.521. The van der Waals surface area contributed by atoms with Gasteiger partial charge in [-0.3, -0.25) is 4.57 Å². The fourth-order valence-corrected chi connectivity index (χ4v) is 4.89. The predicted octanol–water partition coefficient (Wildman–Crippen LogP) is 4.93. The SMILES string of the molecule is c1ccc(OCCNc2nc(N3CCc4ccccc4C3)nc3c2ncn3-c2ccsc2)cc1. The van der Waals surface area contributed by atoms with Crippen molar-refractivity contribution in [3.05, 3.63) is 88.9 Å². The molecule has 0 atom stereocenters. The van der Waals surface area contributed by atoms with Crippen LogP contribution in [0.5, 0.6) is 5.75 Å². The molecule has 1 N–H and O–H groups in total. The van der Waals surface area contributed by atoms with Gasteiger partial charge in [-0.2, -0.15) is 21.3 Å². The lowest BCUT2D eigenvalue weighted by atomic mass is 10.0. The van der Waals surface area contributed by atoms with E-state index in [1.807, 2.05) is 41.2 Å². The lowest BCUT2D eigenvalue weighted by Crippen LogP contribution is -2.32. The summed E-state index contributed by atoms with van der Waals surface area (Å²) in [5, 5.41) is 7.60. The molecule has 0 radical (unpaired) electrons. The number of nitrogens with one attached hydrogen (secondary N) is 1. The Morgan fingerprint density at radius 2 is 1.82 bits per heavy atom. The van der Waals surface area contributed by atoms with Gasteiger partial charge >= 0.3 is 0 Å². The molecule has 170 valence electrons. The van der Waals surface area contributed by atoms with Gasteiger partial charge < -0.3 is 15.0 Å². The minimum Gasteiger partial charge on any atom is -0.492 e. The van der Waals surface area contributed by atoms with E-state index in [1.54, 1.807) is 11.3 Å². The summed E-state index contributed by atoms with van der Waals surface area (Å²) in [6.45, 7) is 2.80. The summed E-state index contributed by atoms with van der Waals surface area (Å²) in [5.41, 5.74) is 5.34. The first-order valence-corrected chi connectivity index (χ1v) is 12.3. The average molecular weight is 469 g/mol. The molecule has 4 heterocycles. The number of imidazole rings is 1. The van der Waals surface area contributed by atoms with Crippen molar-refractivity contribution in [1.82, 2.24) is 19.5 Å². The first-order valence-electron chi connectivity index (χ1n) is 11.4. The van der Waals surface area contributed by atoms with Crippen LogP contribution in [0.3, 0.4) is 0 Å². The van der Waals surface area contributed by atoms with E-state index >= 15 is 0 Å². The Labute approximate surface area is 201 Å². The molecule has 0 spiro atoms. The van der Waals surface area contributed by atoms with E-state index in [2.05, 4.69) is 56.3 Å². The Balaban J connectivity index is 1.30. The smallest absolute Gasteiger partial charge is 0.229 e. The second-order valence-corrected chi connectivity index (χ2v) is 8.95. The van der Waals surface area contributed by atoms with Crippen LogP contribution in [0.25, 0.3) is 16.9 Å². The molecular formula is C26H24N6OS. The van der Waals surface area contributed by atoms with Crippen LogP contribution in [-0.4, -0.2) is 39.2 Å². The van der Waals surface area contributed by atoms with Crippen molar-refractivity contribution in [2.45, 2.75) is 13.0 Å². The average Bonchev–Trinajstić information content (AvgIpc) is 3.57. The standard InChI is InChI=1S/C26H24N6OS/c1-2-8-22(9-3-1)33-14-12-27-24-23-25(32(18-28-23)21-11-15-34-17-21)30-26(29-24)31-13-10-19-6-4-5-7-20(19)16-31/h1-9,11,15,17-18H,10,12-14,16H2,(H,27,29,30). The highest BCUT2D eigenvalue weighted by Crippen LogP contribution is 2.28. The van der Waals surface area contributed by atoms with Gasteiger partial charge in [0.05, 0.1) is 12.2 Å². The van der Waals surface area contributed by atoms with E-state index in [9.17, 15) is 0 Å².